The minimum absolute atomic E-state index is 0.126. The van der Waals surface area contributed by atoms with Crippen molar-refractivity contribution < 1.29 is 9.53 Å². The van der Waals surface area contributed by atoms with Gasteiger partial charge in [-0.05, 0) is 32.6 Å². The number of carbonyl (C=O) groups excluding carboxylic acids is 1. The third-order valence-corrected chi connectivity index (χ3v) is 4.89. The molecule has 1 saturated heterocycles. The van der Waals surface area contributed by atoms with Crippen molar-refractivity contribution in [2.45, 2.75) is 60.2 Å². The molecule has 6 heteroatoms. The van der Waals surface area contributed by atoms with Gasteiger partial charge in [-0.3, -0.25) is 14.4 Å². The summed E-state index contributed by atoms with van der Waals surface area (Å²) >= 11 is 0. The van der Waals surface area contributed by atoms with Crippen LogP contribution in [-0.2, 0) is 22.6 Å². The first kappa shape index (κ1) is 17.9. The van der Waals surface area contributed by atoms with E-state index in [2.05, 4.69) is 23.8 Å². The average molecular weight is 322 g/mol. The first-order valence-electron chi connectivity index (χ1n) is 8.41. The molecule has 1 aromatic rings. The Balaban J connectivity index is 2.09. The first-order valence-corrected chi connectivity index (χ1v) is 8.41. The maximum atomic E-state index is 11.7. The zero-order valence-electron chi connectivity index (χ0n) is 15.1. The summed E-state index contributed by atoms with van der Waals surface area (Å²) in [7, 11) is 0. The van der Waals surface area contributed by atoms with Crippen LogP contribution >= 0.6 is 0 Å². The Morgan fingerprint density at radius 3 is 2.74 bits per heavy atom. The third kappa shape index (κ3) is 4.12. The van der Waals surface area contributed by atoms with E-state index >= 15 is 0 Å². The standard InChI is InChI=1S/C17H30N4O2/c1-6-23-16(22)10-21-13(3)14(12(2)19-21)9-20-8-7-15(18)17(4,5)11-20/h15H,6-11,18H2,1-5H3. The molecule has 0 saturated carbocycles. The topological polar surface area (TPSA) is 73.4 Å². The van der Waals surface area contributed by atoms with Crippen LogP contribution in [0.15, 0.2) is 0 Å². The molecule has 1 atom stereocenters. The van der Waals surface area contributed by atoms with Crippen LogP contribution < -0.4 is 5.73 Å². The molecule has 2 heterocycles. The molecule has 1 fully saturated rings. The van der Waals surface area contributed by atoms with Crippen molar-refractivity contribution >= 4 is 5.97 Å². The number of nitrogens with two attached hydrogens (primary N) is 1. The predicted octanol–water partition coefficient (Wildman–Crippen LogP) is 1.62. The molecule has 1 aromatic heterocycles. The molecule has 23 heavy (non-hydrogen) atoms. The molecule has 2 N–H and O–H groups in total. The molecule has 0 spiro atoms. The van der Waals surface area contributed by atoms with Gasteiger partial charge in [0, 0.05) is 36.9 Å². The maximum absolute atomic E-state index is 11.7. The second kappa shape index (κ2) is 7.01. The lowest BCUT2D eigenvalue weighted by Crippen LogP contribution is -2.52. The Kier molecular flexibility index (Phi) is 5.47. The van der Waals surface area contributed by atoms with Crippen molar-refractivity contribution in [3.8, 4) is 0 Å². The molecular weight excluding hydrogens is 292 g/mol. The molecule has 130 valence electrons. The highest BCUT2D eigenvalue weighted by Gasteiger charge is 2.33. The fourth-order valence-electron chi connectivity index (χ4n) is 3.29. The lowest BCUT2D eigenvalue weighted by Gasteiger charge is -2.42. The number of likely N-dealkylation sites (tertiary alicyclic amines) is 1. The van der Waals surface area contributed by atoms with Crippen LogP contribution in [-0.4, -0.2) is 46.4 Å². The molecule has 1 aliphatic heterocycles. The van der Waals surface area contributed by atoms with E-state index in [0.29, 0.717) is 6.61 Å². The third-order valence-electron chi connectivity index (χ3n) is 4.89. The van der Waals surface area contributed by atoms with Gasteiger partial charge in [-0.2, -0.15) is 5.10 Å². The van der Waals surface area contributed by atoms with Crippen LogP contribution in [0.25, 0.3) is 0 Å². The SMILES string of the molecule is CCOC(=O)Cn1nc(C)c(CN2CCC(N)C(C)(C)C2)c1C. The van der Waals surface area contributed by atoms with Gasteiger partial charge in [0.1, 0.15) is 6.54 Å². The molecule has 1 aliphatic rings. The zero-order valence-corrected chi connectivity index (χ0v) is 15.1. The maximum Gasteiger partial charge on any atom is 0.327 e. The Morgan fingerprint density at radius 2 is 2.13 bits per heavy atom. The van der Waals surface area contributed by atoms with E-state index in [-0.39, 0.29) is 24.0 Å². The summed E-state index contributed by atoms with van der Waals surface area (Å²) in [5, 5.41) is 4.51. The quantitative estimate of drug-likeness (QED) is 0.834. The lowest BCUT2D eigenvalue weighted by atomic mass is 9.79. The second-order valence-electron chi connectivity index (χ2n) is 7.21. The van der Waals surface area contributed by atoms with E-state index in [1.165, 1.54) is 5.56 Å². The van der Waals surface area contributed by atoms with Gasteiger partial charge in [-0.1, -0.05) is 13.8 Å². The highest BCUT2D eigenvalue weighted by Crippen LogP contribution is 2.29. The van der Waals surface area contributed by atoms with Gasteiger partial charge < -0.3 is 10.5 Å². The average Bonchev–Trinajstić information content (AvgIpc) is 2.70. The smallest absolute Gasteiger partial charge is 0.327 e. The van der Waals surface area contributed by atoms with Gasteiger partial charge in [0.05, 0.1) is 12.3 Å². The van der Waals surface area contributed by atoms with E-state index in [4.69, 9.17) is 10.5 Å². The number of rotatable bonds is 5. The molecule has 2 rings (SSSR count). The Morgan fingerprint density at radius 1 is 1.43 bits per heavy atom. The molecule has 0 aliphatic carbocycles. The van der Waals surface area contributed by atoms with Crippen LogP contribution in [0.5, 0.6) is 0 Å². The van der Waals surface area contributed by atoms with Crippen molar-refractivity contribution in [3.63, 3.8) is 0 Å². The van der Waals surface area contributed by atoms with E-state index in [1.807, 2.05) is 20.8 Å². The molecule has 0 aromatic carbocycles. The van der Waals surface area contributed by atoms with E-state index in [1.54, 1.807) is 4.68 Å². The van der Waals surface area contributed by atoms with E-state index < -0.39 is 0 Å². The summed E-state index contributed by atoms with van der Waals surface area (Å²) in [4.78, 5) is 14.1. The molecular formula is C17H30N4O2. The minimum Gasteiger partial charge on any atom is -0.465 e. The van der Waals surface area contributed by atoms with Crippen molar-refractivity contribution in [1.29, 1.82) is 0 Å². The van der Waals surface area contributed by atoms with Gasteiger partial charge in [0.15, 0.2) is 0 Å². The van der Waals surface area contributed by atoms with Crippen molar-refractivity contribution in [1.82, 2.24) is 14.7 Å². The molecule has 6 nitrogen and oxygen atoms in total. The number of piperidine rings is 1. The highest BCUT2D eigenvalue weighted by molar-refractivity contribution is 5.69. The van der Waals surface area contributed by atoms with Gasteiger partial charge in [-0.15, -0.1) is 0 Å². The van der Waals surface area contributed by atoms with Crippen molar-refractivity contribution in [3.05, 3.63) is 17.0 Å². The van der Waals surface area contributed by atoms with Crippen LogP contribution in [0.4, 0.5) is 0 Å². The number of hydrogen-bond donors (Lipinski definition) is 1. The summed E-state index contributed by atoms with van der Waals surface area (Å²) in [6, 6.07) is 0.257. The second-order valence-corrected chi connectivity index (χ2v) is 7.21. The number of carbonyl (C=O) groups is 1. The molecule has 1 unspecified atom stereocenters. The van der Waals surface area contributed by atoms with E-state index in [0.717, 1.165) is 37.4 Å². The number of ether oxygens (including phenoxy) is 1. The molecule has 0 radical (unpaired) electrons. The summed E-state index contributed by atoms with van der Waals surface area (Å²) in [6.07, 6.45) is 1.02. The van der Waals surface area contributed by atoms with Crippen molar-refractivity contribution in [2.75, 3.05) is 19.7 Å². The number of hydrogen-bond acceptors (Lipinski definition) is 5. The van der Waals surface area contributed by atoms with Gasteiger partial charge in [0.2, 0.25) is 0 Å². The van der Waals surface area contributed by atoms with Crippen LogP contribution in [0.1, 0.15) is 44.1 Å². The summed E-state index contributed by atoms with van der Waals surface area (Å²) in [5.74, 6) is -0.241. The normalized spacial score (nSPS) is 21.4. The zero-order chi connectivity index (χ0) is 17.2. The molecule has 0 amide bonds. The predicted molar refractivity (Wildman–Crippen MR) is 90.0 cm³/mol. The van der Waals surface area contributed by atoms with Crippen LogP contribution in [0, 0.1) is 19.3 Å². The number of aromatic nitrogens is 2. The Hall–Kier alpha value is -1.40. The Bertz CT molecular complexity index is 565. The monoisotopic (exact) mass is 322 g/mol. The number of esters is 1. The van der Waals surface area contributed by atoms with Crippen molar-refractivity contribution in [2.24, 2.45) is 11.1 Å². The number of aryl methyl sites for hydroxylation is 1. The summed E-state index contributed by atoms with van der Waals surface area (Å²) < 4.78 is 6.77. The van der Waals surface area contributed by atoms with Crippen LogP contribution in [0.3, 0.4) is 0 Å². The molecule has 0 bridgehead atoms. The fourth-order valence-corrected chi connectivity index (χ4v) is 3.29. The summed E-state index contributed by atoms with van der Waals surface area (Å²) in [6.45, 7) is 13.7. The largest absolute Gasteiger partial charge is 0.465 e. The van der Waals surface area contributed by atoms with Gasteiger partial charge >= 0.3 is 5.97 Å². The summed E-state index contributed by atoms with van der Waals surface area (Å²) in [5.41, 5.74) is 9.59. The highest BCUT2D eigenvalue weighted by atomic mass is 16.5. The van der Waals surface area contributed by atoms with Crippen LogP contribution in [0.2, 0.25) is 0 Å². The fraction of sp³-hybridized carbons (Fsp3) is 0.765. The first-order chi connectivity index (χ1) is 10.7. The minimum atomic E-state index is -0.241. The Labute approximate surface area is 139 Å². The lowest BCUT2D eigenvalue weighted by molar-refractivity contribution is -0.144. The van der Waals surface area contributed by atoms with E-state index in [9.17, 15) is 4.79 Å². The number of nitrogens with zero attached hydrogens (tertiary/aromatic N) is 3. The van der Waals surface area contributed by atoms with Gasteiger partial charge in [0.25, 0.3) is 0 Å². The van der Waals surface area contributed by atoms with Gasteiger partial charge in [-0.25, -0.2) is 0 Å².